The molecule has 2 fully saturated rings. The van der Waals surface area contributed by atoms with Crippen molar-refractivity contribution in [3.05, 3.63) is 53.6 Å². The summed E-state index contributed by atoms with van der Waals surface area (Å²) in [5.41, 5.74) is 6.03. The molecule has 1 saturated carbocycles. The van der Waals surface area contributed by atoms with Gasteiger partial charge in [0, 0.05) is 19.0 Å². The molecule has 2 atom stereocenters. The minimum absolute atomic E-state index is 0.100. The molecule has 36 heavy (non-hydrogen) atoms. The number of amides is 2. The number of halogens is 4. The Kier molecular flexibility index (Phi) is 7.56. The molecule has 0 spiro atoms. The highest BCUT2D eigenvalue weighted by Gasteiger charge is 2.34. The molecule has 2 N–H and O–H groups in total. The van der Waals surface area contributed by atoms with Gasteiger partial charge in [0.05, 0.1) is 24.6 Å². The van der Waals surface area contributed by atoms with Crippen molar-refractivity contribution in [3.8, 4) is 17.2 Å². The average molecular weight is 510 g/mol. The summed E-state index contributed by atoms with van der Waals surface area (Å²) in [6.07, 6.45) is -4.07. The van der Waals surface area contributed by atoms with Crippen LogP contribution < -0.4 is 19.9 Å². The molecule has 1 aliphatic carbocycles. The fourth-order valence-corrected chi connectivity index (χ4v) is 4.06. The molecule has 2 aromatic rings. The van der Waals surface area contributed by atoms with Crippen LogP contribution in [0.25, 0.3) is 0 Å². The molecule has 0 bridgehead atoms. The maximum Gasteiger partial charge on any atom is 0.573 e. The van der Waals surface area contributed by atoms with Gasteiger partial charge in [-0.2, -0.15) is 0 Å². The Labute approximate surface area is 205 Å². The van der Waals surface area contributed by atoms with Crippen LogP contribution in [0, 0.1) is 0 Å². The molecule has 2 aromatic carbocycles. The van der Waals surface area contributed by atoms with Crippen molar-refractivity contribution in [3.63, 3.8) is 0 Å². The first-order valence-electron chi connectivity index (χ1n) is 11.6. The summed E-state index contributed by atoms with van der Waals surface area (Å²) in [4.78, 5) is 25.8. The maximum absolute atomic E-state index is 15.0. The zero-order valence-electron chi connectivity index (χ0n) is 19.3. The summed E-state index contributed by atoms with van der Waals surface area (Å²) in [6.45, 7) is -0.00764. The number of hydrogen-bond donors (Lipinski definition) is 1. The second kappa shape index (κ2) is 10.6. The van der Waals surface area contributed by atoms with Gasteiger partial charge in [-0.15, -0.1) is 13.2 Å². The number of carbonyl (C=O) groups excluding carboxylic acids is 2. The molecule has 0 radical (unpaired) electrons. The number of piperidine rings is 1. The van der Waals surface area contributed by atoms with Crippen molar-refractivity contribution in [2.75, 3.05) is 13.1 Å². The van der Waals surface area contributed by atoms with Gasteiger partial charge < -0.3 is 24.8 Å². The van der Waals surface area contributed by atoms with E-state index in [9.17, 15) is 22.8 Å². The Bertz CT molecular complexity index is 1090. The first-order chi connectivity index (χ1) is 17.1. The first kappa shape index (κ1) is 25.6. The van der Waals surface area contributed by atoms with Crippen LogP contribution >= 0.6 is 0 Å². The molecule has 4 rings (SSSR count). The van der Waals surface area contributed by atoms with E-state index in [0.29, 0.717) is 11.3 Å². The van der Waals surface area contributed by atoms with Gasteiger partial charge in [0.15, 0.2) is 6.17 Å². The lowest BCUT2D eigenvalue weighted by Gasteiger charge is -2.35. The molecule has 194 valence electrons. The topological polar surface area (TPSA) is 91.1 Å². The van der Waals surface area contributed by atoms with Gasteiger partial charge in [0.25, 0.3) is 5.91 Å². The van der Waals surface area contributed by atoms with E-state index in [4.69, 9.17) is 15.2 Å². The van der Waals surface area contributed by atoms with Gasteiger partial charge in [0.2, 0.25) is 5.91 Å². The van der Waals surface area contributed by atoms with Crippen molar-refractivity contribution in [2.45, 2.75) is 56.8 Å². The molecule has 1 saturated heterocycles. The first-order valence-corrected chi connectivity index (χ1v) is 11.6. The van der Waals surface area contributed by atoms with Crippen LogP contribution in [0.15, 0.2) is 42.5 Å². The van der Waals surface area contributed by atoms with Crippen molar-refractivity contribution >= 4 is 11.8 Å². The molecule has 2 amide bonds. The SMILES string of the molecule is NC(=O)c1ccc(OC2CCC2)cc1OC1CCN(C(=O)Cc2ccc(OC(F)(F)F)cc2)CC1F. The van der Waals surface area contributed by atoms with E-state index in [1.54, 1.807) is 6.07 Å². The number of carbonyl (C=O) groups is 2. The largest absolute Gasteiger partial charge is 0.573 e. The number of hydrogen-bond acceptors (Lipinski definition) is 5. The maximum atomic E-state index is 15.0. The summed E-state index contributed by atoms with van der Waals surface area (Å²) >= 11 is 0. The quantitative estimate of drug-likeness (QED) is 0.539. The van der Waals surface area contributed by atoms with Crippen LogP contribution in [-0.2, 0) is 11.2 Å². The summed E-state index contributed by atoms with van der Waals surface area (Å²) in [5.74, 6) is -0.829. The molecule has 1 aliphatic heterocycles. The van der Waals surface area contributed by atoms with Gasteiger partial charge in [-0.1, -0.05) is 12.1 Å². The van der Waals surface area contributed by atoms with Crippen LogP contribution in [0.4, 0.5) is 17.6 Å². The van der Waals surface area contributed by atoms with Gasteiger partial charge in [-0.25, -0.2) is 4.39 Å². The van der Waals surface area contributed by atoms with E-state index >= 15 is 4.39 Å². The number of nitrogens with zero attached hydrogens (tertiary/aromatic N) is 1. The minimum atomic E-state index is -4.80. The summed E-state index contributed by atoms with van der Waals surface area (Å²) in [5, 5.41) is 0. The normalized spacial score (nSPS) is 20.4. The Hall–Kier alpha value is -3.50. The Balaban J connectivity index is 1.34. The van der Waals surface area contributed by atoms with E-state index in [0.717, 1.165) is 31.4 Å². The van der Waals surface area contributed by atoms with Gasteiger partial charge >= 0.3 is 6.36 Å². The van der Waals surface area contributed by atoms with Crippen molar-refractivity contribution in [2.24, 2.45) is 5.73 Å². The fraction of sp³-hybridized carbons (Fsp3) is 0.440. The summed E-state index contributed by atoms with van der Waals surface area (Å²) in [7, 11) is 0. The molecular formula is C25H26F4N2O5. The Morgan fingerprint density at radius 3 is 2.28 bits per heavy atom. The van der Waals surface area contributed by atoms with Crippen LogP contribution in [0.5, 0.6) is 17.2 Å². The molecular weight excluding hydrogens is 484 g/mol. The van der Waals surface area contributed by atoms with Crippen LogP contribution in [0.3, 0.4) is 0 Å². The third-order valence-corrected chi connectivity index (χ3v) is 6.20. The lowest BCUT2D eigenvalue weighted by molar-refractivity contribution is -0.274. The highest BCUT2D eigenvalue weighted by Crippen LogP contribution is 2.32. The summed E-state index contributed by atoms with van der Waals surface area (Å²) < 4.78 is 67.4. The summed E-state index contributed by atoms with van der Waals surface area (Å²) in [6, 6.07) is 9.59. The molecule has 2 aliphatic rings. The number of alkyl halides is 4. The fourth-order valence-electron chi connectivity index (χ4n) is 4.06. The molecule has 7 nitrogen and oxygen atoms in total. The molecule has 0 aromatic heterocycles. The monoisotopic (exact) mass is 510 g/mol. The van der Waals surface area contributed by atoms with E-state index in [-0.39, 0.29) is 49.3 Å². The molecule has 2 unspecified atom stereocenters. The van der Waals surface area contributed by atoms with Crippen molar-refractivity contribution < 1.29 is 41.4 Å². The van der Waals surface area contributed by atoms with Gasteiger partial charge in [-0.3, -0.25) is 9.59 Å². The number of ether oxygens (including phenoxy) is 3. The molecule has 11 heteroatoms. The van der Waals surface area contributed by atoms with E-state index in [1.165, 1.54) is 29.2 Å². The van der Waals surface area contributed by atoms with Crippen molar-refractivity contribution in [1.82, 2.24) is 4.90 Å². The zero-order valence-corrected chi connectivity index (χ0v) is 19.3. The van der Waals surface area contributed by atoms with Crippen LogP contribution in [0.2, 0.25) is 0 Å². The van der Waals surface area contributed by atoms with Crippen molar-refractivity contribution in [1.29, 1.82) is 0 Å². The van der Waals surface area contributed by atoms with E-state index in [2.05, 4.69) is 4.74 Å². The lowest BCUT2D eigenvalue weighted by Crippen LogP contribution is -2.49. The number of benzene rings is 2. The Morgan fingerprint density at radius 1 is 1.00 bits per heavy atom. The Morgan fingerprint density at radius 2 is 1.69 bits per heavy atom. The smallest absolute Gasteiger partial charge is 0.490 e. The van der Waals surface area contributed by atoms with Crippen LogP contribution in [-0.4, -0.2) is 54.5 Å². The number of likely N-dealkylation sites (tertiary alicyclic amines) is 1. The predicted octanol–water partition coefficient (Wildman–Crippen LogP) is 4.18. The average Bonchev–Trinajstić information content (AvgIpc) is 2.78. The highest BCUT2D eigenvalue weighted by atomic mass is 19.4. The number of rotatable bonds is 8. The standard InChI is InChI=1S/C25H26F4N2O5/c26-20-14-31(23(32)12-15-4-6-17(7-5-15)36-25(27,28)29)11-10-21(20)35-22-13-18(34-16-2-1-3-16)8-9-19(22)24(30)33/h4-9,13,16,20-21H,1-3,10-12,14H2,(H2,30,33). The third kappa shape index (κ3) is 6.58. The lowest BCUT2D eigenvalue weighted by atomic mass is 9.96. The highest BCUT2D eigenvalue weighted by molar-refractivity contribution is 5.95. The third-order valence-electron chi connectivity index (χ3n) is 6.20. The zero-order chi connectivity index (χ0) is 25.9. The number of primary amides is 1. The van der Waals surface area contributed by atoms with E-state index in [1.807, 2.05) is 0 Å². The molecule has 1 heterocycles. The minimum Gasteiger partial charge on any atom is -0.490 e. The second-order valence-corrected chi connectivity index (χ2v) is 8.86. The van der Waals surface area contributed by atoms with Gasteiger partial charge in [-0.05, 0) is 49.1 Å². The second-order valence-electron chi connectivity index (χ2n) is 8.86. The van der Waals surface area contributed by atoms with E-state index < -0.39 is 30.3 Å². The predicted molar refractivity (Wildman–Crippen MR) is 121 cm³/mol. The number of nitrogens with two attached hydrogens (primary N) is 1. The van der Waals surface area contributed by atoms with Gasteiger partial charge in [0.1, 0.15) is 23.4 Å². The van der Waals surface area contributed by atoms with Crippen LogP contribution in [0.1, 0.15) is 41.6 Å².